The fraction of sp³-hybridized carbons (Fsp3) is 0.308. The molecule has 0 saturated heterocycles. The predicted octanol–water partition coefficient (Wildman–Crippen LogP) is 5.78. The molecule has 2 nitrogen and oxygen atoms in total. The van der Waals surface area contributed by atoms with Crippen LogP contribution >= 0.6 is 58.0 Å². The van der Waals surface area contributed by atoms with Gasteiger partial charge in [-0.2, -0.15) is 0 Å². The molecule has 0 radical (unpaired) electrons. The quantitative estimate of drug-likeness (QED) is 0.476. The molecule has 0 fully saturated rings. The number of ether oxygens (including phenoxy) is 1. The maximum atomic E-state index is 6.19. The van der Waals surface area contributed by atoms with E-state index < -0.39 is 3.79 Å². The molecule has 1 heterocycles. The second kappa shape index (κ2) is 6.33. The third kappa shape index (κ3) is 3.75. The van der Waals surface area contributed by atoms with E-state index in [4.69, 9.17) is 62.7 Å². The minimum atomic E-state index is -1.72. The SMILES string of the molecule is C=CC1CC(c2ccc(Cl)cc2Cl)OC(C(Cl)(Cl)Cl)=N1. The zero-order chi connectivity index (χ0) is 14.9. The van der Waals surface area contributed by atoms with E-state index in [1.165, 1.54) is 0 Å². The summed E-state index contributed by atoms with van der Waals surface area (Å²) in [7, 11) is 0. The Morgan fingerprint density at radius 2 is 2.00 bits per heavy atom. The molecule has 2 atom stereocenters. The highest BCUT2D eigenvalue weighted by Gasteiger charge is 2.37. The summed E-state index contributed by atoms with van der Waals surface area (Å²) in [6.07, 6.45) is 1.87. The van der Waals surface area contributed by atoms with Crippen molar-refractivity contribution in [2.75, 3.05) is 0 Å². The van der Waals surface area contributed by atoms with E-state index in [1.54, 1.807) is 24.3 Å². The lowest BCUT2D eigenvalue weighted by atomic mass is 10.0. The van der Waals surface area contributed by atoms with Gasteiger partial charge in [-0.05, 0) is 12.1 Å². The van der Waals surface area contributed by atoms with Crippen LogP contribution < -0.4 is 0 Å². The Morgan fingerprint density at radius 1 is 1.30 bits per heavy atom. The van der Waals surface area contributed by atoms with Crippen LogP contribution in [0.3, 0.4) is 0 Å². The fourth-order valence-electron chi connectivity index (χ4n) is 1.88. The maximum Gasteiger partial charge on any atom is 0.266 e. The van der Waals surface area contributed by atoms with Crippen molar-refractivity contribution in [3.63, 3.8) is 0 Å². The average Bonchev–Trinajstić information content (AvgIpc) is 2.37. The Kier molecular flexibility index (Phi) is 5.14. The first-order valence-electron chi connectivity index (χ1n) is 5.70. The molecule has 2 rings (SSSR count). The van der Waals surface area contributed by atoms with Crippen LogP contribution in [-0.4, -0.2) is 15.7 Å². The number of hydrogen-bond acceptors (Lipinski definition) is 2. The molecule has 7 heteroatoms. The summed E-state index contributed by atoms with van der Waals surface area (Å²) in [6, 6.07) is 4.96. The summed E-state index contributed by atoms with van der Waals surface area (Å²) in [5.74, 6) is 0.0367. The first kappa shape index (κ1) is 16.3. The van der Waals surface area contributed by atoms with Crippen LogP contribution in [-0.2, 0) is 4.74 Å². The van der Waals surface area contributed by atoms with E-state index >= 15 is 0 Å². The van der Waals surface area contributed by atoms with Gasteiger partial charge in [0, 0.05) is 22.0 Å². The molecular formula is C13H10Cl5NO. The highest BCUT2D eigenvalue weighted by atomic mass is 35.6. The molecule has 0 aromatic heterocycles. The normalized spacial score (nSPS) is 22.9. The Bertz CT molecular complexity index is 552. The maximum absolute atomic E-state index is 6.19. The summed E-state index contributed by atoms with van der Waals surface area (Å²) < 4.78 is 3.95. The molecule has 20 heavy (non-hydrogen) atoms. The first-order chi connectivity index (χ1) is 9.31. The van der Waals surface area contributed by atoms with Gasteiger partial charge in [0.2, 0.25) is 5.90 Å². The second-order valence-corrected chi connectivity index (χ2v) is 7.37. The fourth-order valence-corrected chi connectivity index (χ4v) is 2.69. The highest BCUT2D eigenvalue weighted by Crippen LogP contribution is 2.39. The Labute approximate surface area is 142 Å². The van der Waals surface area contributed by atoms with E-state index in [0.717, 1.165) is 5.56 Å². The zero-order valence-corrected chi connectivity index (χ0v) is 13.9. The van der Waals surface area contributed by atoms with Gasteiger partial charge in [0.1, 0.15) is 6.10 Å². The van der Waals surface area contributed by atoms with Crippen LogP contribution in [0.1, 0.15) is 18.1 Å². The standard InChI is InChI=1S/C13H10Cl5NO/c1-2-8-6-11(20-12(19-8)13(16,17)18)9-4-3-7(14)5-10(9)15/h2-5,8,11H,1,6H2. The van der Waals surface area contributed by atoms with Gasteiger partial charge in [0.15, 0.2) is 0 Å². The van der Waals surface area contributed by atoms with Crippen LogP contribution in [0, 0.1) is 0 Å². The van der Waals surface area contributed by atoms with Crippen molar-refractivity contribution in [3.8, 4) is 0 Å². The molecule has 0 spiro atoms. The number of halogens is 5. The molecule has 108 valence electrons. The van der Waals surface area contributed by atoms with Gasteiger partial charge < -0.3 is 4.74 Å². The second-order valence-electron chi connectivity index (χ2n) is 4.24. The average molecular weight is 373 g/mol. The summed E-state index contributed by atoms with van der Waals surface area (Å²) in [6.45, 7) is 3.72. The van der Waals surface area contributed by atoms with E-state index in [9.17, 15) is 0 Å². The van der Waals surface area contributed by atoms with Gasteiger partial charge in [0.05, 0.1) is 6.04 Å². The van der Waals surface area contributed by atoms with Crippen molar-refractivity contribution in [2.24, 2.45) is 4.99 Å². The number of alkyl halides is 3. The molecule has 1 aromatic rings. The van der Waals surface area contributed by atoms with Gasteiger partial charge in [-0.3, -0.25) is 0 Å². The van der Waals surface area contributed by atoms with Crippen molar-refractivity contribution >= 4 is 63.9 Å². The topological polar surface area (TPSA) is 21.6 Å². The van der Waals surface area contributed by atoms with Crippen LogP contribution in [0.15, 0.2) is 35.8 Å². The lowest BCUT2D eigenvalue weighted by Crippen LogP contribution is -2.31. The van der Waals surface area contributed by atoms with Crippen LogP contribution in [0.2, 0.25) is 10.0 Å². The van der Waals surface area contributed by atoms with Gasteiger partial charge in [-0.1, -0.05) is 70.1 Å². The first-order valence-corrected chi connectivity index (χ1v) is 7.59. The van der Waals surface area contributed by atoms with Crippen molar-refractivity contribution in [2.45, 2.75) is 22.4 Å². The molecule has 0 aliphatic carbocycles. The minimum absolute atomic E-state index is 0.0367. The largest absolute Gasteiger partial charge is 0.470 e. The molecule has 0 saturated carbocycles. The Hall–Kier alpha value is -0.120. The summed E-state index contributed by atoms with van der Waals surface area (Å²) in [5.41, 5.74) is 0.768. The molecule has 2 unspecified atom stereocenters. The van der Waals surface area contributed by atoms with Crippen molar-refractivity contribution in [1.29, 1.82) is 0 Å². The van der Waals surface area contributed by atoms with Gasteiger partial charge >= 0.3 is 0 Å². The molecule has 1 aromatic carbocycles. The molecule has 0 N–H and O–H groups in total. The van der Waals surface area contributed by atoms with Crippen LogP contribution in [0.25, 0.3) is 0 Å². The number of benzene rings is 1. The monoisotopic (exact) mass is 371 g/mol. The van der Waals surface area contributed by atoms with Gasteiger partial charge in [0.25, 0.3) is 3.79 Å². The molecule has 0 bridgehead atoms. The lowest BCUT2D eigenvalue weighted by molar-refractivity contribution is 0.155. The zero-order valence-electron chi connectivity index (χ0n) is 10.1. The molecule has 0 amide bonds. The number of aliphatic imine (C=N–C) groups is 1. The van der Waals surface area contributed by atoms with Gasteiger partial charge in [-0.15, -0.1) is 6.58 Å². The van der Waals surface area contributed by atoms with Crippen molar-refractivity contribution < 1.29 is 4.74 Å². The van der Waals surface area contributed by atoms with Crippen LogP contribution in [0.4, 0.5) is 0 Å². The Balaban J connectivity index is 2.34. The number of nitrogens with zero attached hydrogens (tertiary/aromatic N) is 1. The van der Waals surface area contributed by atoms with E-state index in [1.807, 2.05) is 0 Å². The van der Waals surface area contributed by atoms with E-state index in [0.29, 0.717) is 16.5 Å². The smallest absolute Gasteiger partial charge is 0.266 e. The van der Waals surface area contributed by atoms with E-state index in [2.05, 4.69) is 11.6 Å². The summed E-state index contributed by atoms with van der Waals surface area (Å²) in [5, 5.41) is 1.04. The molecular weight excluding hydrogens is 363 g/mol. The third-order valence-corrected chi connectivity index (χ3v) is 3.86. The predicted molar refractivity (Wildman–Crippen MR) is 86.6 cm³/mol. The minimum Gasteiger partial charge on any atom is -0.470 e. The van der Waals surface area contributed by atoms with Crippen LogP contribution in [0.5, 0.6) is 0 Å². The Morgan fingerprint density at radius 3 is 2.55 bits per heavy atom. The summed E-state index contributed by atoms with van der Waals surface area (Å²) >= 11 is 29.6. The van der Waals surface area contributed by atoms with Crippen molar-refractivity contribution in [3.05, 3.63) is 46.5 Å². The van der Waals surface area contributed by atoms with Crippen molar-refractivity contribution in [1.82, 2.24) is 0 Å². The highest BCUT2D eigenvalue weighted by molar-refractivity contribution is 6.76. The van der Waals surface area contributed by atoms with E-state index in [-0.39, 0.29) is 18.0 Å². The lowest BCUT2D eigenvalue weighted by Gasteiger charge is -2.30. The third-order valence-electron chi connectivity index (χ3n) is 2.82. The molecule has 1 aliphatic heterocycles. The van der Waals surface area contributed by atoms with Gasteiger partial charge in [-0.25, -0.2) is 4.99 Å². The molecule has 1 aliphatic rings. The number of rotatable bonds is 2. The number of hydrogen-bond donors (Lipinski definition) is 0. The summed E-state index contributed by atoms with van der Waals surface area (Å²) in [4.78, 5) is 4.21.